The van der Waals surface area contributed by atoms with Gasteiger partial charge in [0.15, 0.2) is 5.76 Å². The van der Waals surface area contributed by atoms with Crippen LogP contribution >= 0.6 is 11.8 Å². The molecule has 0 saturated heterocycles. The quantitative estimate of drug-likeness (QED) is 0.931. The number of fused-ring (bicyclic) bond motifs is 1. The van der Waals surface area contributed by atoms with Crippen LogP contribution in [-0.2, 0) is 0 Å². The Morgan fingerprint density at radius 2 is 2.09 bits per heavy atom. The Bertz CT molecular complexity index is 716. The molecular weight excluding hydrogens is 294 g/mol. The van der Waals surface area contributed by atoms with Crippen molar-refractivity contribution in [3.05, 3.63) is 64.5 Å². The molecule has 0 saturated carbocycles. The summed E-state index contributed by atoms with van der Waals surface area (Å²) >= 11 is 1.85. The number of nitrogens with one attached hydrogen (secondary N) is 1. The summed E-state index contributed by atoms with van der Waals surface area (Å²) in [6, 6.07) is 8.10. The zero-order chi connectivity index (χ0) is 14.9. The summed E-state index contributed by atoms with van der Waals surface area (Å²) in [6.07, 6.45) is 6.39. The third kappa shape index (κ3) is 2.52. The fourth-order valence-corrected chi connectivity index (χ4v) is 3.69. The van der Waals surface area contributed by atoms with E-state index in [1.54, 1.807) is 0 Å². The molecule has 0 bridgehead atoms. The summed E-state index contributed by atoms with van der Waals surface area (Å²) in [4.78, 5) is 7.76. The molecule has 0 spiro atoms. The Labute approximate surface area is 134 Å². The molecule has 1 aromatic carbocycles. The minimum absolute atomic E-state index is 0.848. The van der Waals surface area contributed by atoms with Gasteiger partial charge in [0.2, 0.25) is 0 Å². The molecule has 1 N–H and O–H groups in total. The van der Waals surface area contributed by atoms with Crippen LogP contribution in [0.5, 0.6) is 5.75 Å². The van der Waals surface area contributed by atoms with E-state index in [9.17, 15) is 0 Å². The first kappa shape index (κ1) is 13.5. The lowest BCUT2D eigenvalue weighted by atomic mass is 10.1. The molecule has 4 nitrogen and oxygen atoms in total. The maximum atomic E-state index is 6.09. The van der Waals surface area contributed by atoms with E-state index in [1.165, 1.54) is 10.5 Å². The van der Waals surface area contributed by atoms with Crippen LogP contribution in [-0.4, -0.2) is 36.6 Å². The van der Waals surface area contributed by atoms with Gasteiger partial charge in [-0.05, 0) is 24.3 Å². The summed E-state index contributed by atoms with van der Waals surface area (Å²) in [5.74, 6) is 3.75. The highest BCUT2D eigenvalue weighted by molar-refractivity contribution is 8.03. The number of thioether (sulfide) groups is 1. The van der Waals surface area contributed by atoms with Gasteiger partial charge >= 0.3 is 0 Å². The van der Waals surface area contributed by atoms with Gasteiger partial charge in [0, 0.05) is 47.8 Å². The highest BCUT2D eigenvalue weighted by Gasteiger charge is 2.22. The van der Waals surface area contributed by atoms with Crippen molar-refractivity contribution in [3.63, 3.8) is 0 Å². The second-order valence-corrected chi connectivity index (χ2v) is 6.43. The van der Waals surface area contributed by atoms with Gasteiger partial charge in [-0.25, -0.2) is 0 Å². The monoisotopic (exact) mass is 311 g/mol. The Hall–Kier alpha value is -2.14. The van der Waals surface area contributed by atoms with Crippen LogP contribution in [0.4, 0.5) is 0 Å². The second kappa shape index (κ2) is 5.57. The smallest absolute Gasteiger partial charge is 0.151 e. The number of hydrogen-bond acceptors (Lipinski definition) is 5. The first-order chi connectivity index (χ1) is 10.8. The molecule has 0 unspecified atom stereocenters. The largest absolute Gasteiger partial charge is 0.455 e. The van der Waals surface area contributed by atoms with Crippen molar-refractivity contribution in [2.24, 2.45) is 4.99 Å². The molecule has 0 radical (unpaired) electrons. The summed E-state index contributed by atoms with van der Waals surface area (Å²) < 4.78 is 6.09. The number of aliphatic imine (C=N–C) groups is 1. The van der Waals surface area contributed by atoms with Gasteiger partial charge in [-0.15, -0.1) is 11.8 Å². The molecule has 0 aromatic heterocycles. The normalized spacial score (nSPS) is 19.8. The zero-order valence-electron chi connectivity index (χ0n) is 12.4. The predicted molar refractivity (Wildman–Crippen MR) is 90.9 cm³/mol. The number of ether oxygens (including phenoxy) is 1. The van der Waals surface area contributed by atoms with E-state index in [0.717, 1.165) is 41.8 Å². The molecule has 0 aliphatic carbocycles. The van der Waals surface area contributed by atoms with Gasteiger partial charge in [0.05, 0.1) is 6.54 Å². The maximum Gasteiger partial charge on any atom is 0.151 e. The lowest BCUT2D eigenvalue weighted by molar-refractivity contribution is 0.415. The number of nitrogens with zero attached hydrogens (tertiary/aromatic N) is 2. The van der Waals surface area contributed by atoms with E-state index >= 15 is 0 Å². The Balaban J connectivity index is 1.54. The van der Waals surface area contributed by atoms with Crippen molar-refractivity contribution in [2.75, 3.05) is 25.9 Å². The van der Waals surface area contributed by atoms with Crippen molar-refractivity contribution < 1.29 is 4.74 Å². The molecule has 112 valence electrons. The van der Waals surface area contributed by atoms with Crippen molar-refractivity contribution in [2.45, 2.75) is 0 Å². The molecule has 3 aliphatic heterocycles. The number of hydrogen-bond donors (Lipinski definition) is 1. The van der Waals surface area contributed by atoms with Crippen molar-refractivity contribution in [1.82, 2.24) is 10.2 Å². The fraction of sp³-hybridized carbons (Fsp3) is 0.235. The average Bonchev–Trinajstić information content (AvgIpc) is 3.18. The van der Waals surface area contributed by atoms with Gasteiger partial charge in [0.1, 0.15) is 11.6 Å². The lowest BCUT2D eigenvalue weighted by Crippen LogP contribution is -2.19. The van der Waals surface area contributed by atoms with E-state index in [4.69, 9.17) is 4.74 Å². The number of benzene rings is 1. The molecule has 4 rings (SSSR count). The average molecular weight is 311 g/mol. The predicted octanol–water partition coefficient (Wildman–Crippen LogP) is 2.72. The van der Waals surface area contributed by atoms with Crippen molar-refractivity contribution >= 4 is 17.6 Å². The Morgan fingerprint density at radius 1 is 1.23 bits per heavy atom. The van der Waals surface area contributed by atoms with Gasteiger partial charge < -0.3 is 15.0 Å². The number of allylic oxidation sites excluding steroid dienone is 1. The number of rotatable bonds is 3. The first-order valence-electron chi connectivity index (χ1n) is 7.35. The van der Waals surface area contributed by atoms with Crippen LogP contribution in [0.1, 0.15) is 5.56 Å². The van der Waals surface area contributed by atoms with Crippen LogP contribution < -0.4 is 10.1 Å². The molecule has 0 fully saturated rings. The molecule has 3 heterocycles. The minimum atomic E-state index is 0.848. The minimum Gasteiger partial charge on any atom is -0.455 e. The van der Waals surface area contributed by atoms with Crippen molar-refractivity contribution in [3.8, 4) is 5.75 Å². The van der Waals surface area contributed by atoms with Crippen LogP contribution in [0.15, 0.2) is 64.0 Å². The van der Waals surface area contributed by atoms with Crippen LogP contribution in [0, 0.1) is 0 Å². The summed E-state index contributed by atoms with van der Waals surface area (Å²) in [5.41, 5.74) is 2.31. The van der Waals surface area contributed by atoms with Crippen molar-refractivity contribution in [1.29, 1.82) is 0 Å². The van der Waals surface area contributed by atoms with E-state index in [2.05, 4.69) is 22.6 Å². The van der Waals surface area contributed by atoms with Crippen LogP contribution in [0.2, 0.25) is 0 Å². The van der Waals surface area contributed by atoms with Gasteiger partial charge in [-0.1, -0.05) is 6.08 Å². The standard InChI is InChI=1S/C17H17N3OS/c1-20-10-15(14-6-9-22-16(14)11-20)21-13-4-2-12(3-5-13)17-18-7-8-19-17/h2-6,10-11H,7-9H2,1H3,(H,18,19). The molecule has 0 atom stereocenters. The number of amidine groups is 1. The SMILES string of the molecule is CN1C=C(Oc2ccc(C3=NCCN3)cc2)C2=CCSC2=C1. The molecular formula is C17H17N3OS. The summed E-state index contributed by atoms with van der Waals surface area (Å²) in [7, 11) is 2.03. The van der Waals surface area contributed by atoms with E-state index in [1.807, 2.05) is 54.2 Å². The Morgan fingerprint density at radius 3 is 2.86 bits per heavy atom. The maximum absolute atomic E-state index is 6.09. The molecule has 0 amide bonds. The molecule has 5 heteroatoms. The highest BCUT2D eigenvalue weighted by atomic mass is 32.2. The third-order valence-corrected chi connectivity index (χ3v) is 4.70. The highest BCUT2D eigenvalue weighted by Crippen LogP contribution is 2.39. The summed E-state index contributed by atoms with van der Waals surface area (Å²) in [5, 5.41) is 3.28. The van der Waals surface area contributed by atoms with Gasteiger partial charge in [-0.2, -0.15) is 0 Å². The first-order valence-corrected chi connectivity index (χ1v) is 8.34. The van der Waals surface area contributed by atoms with Gasteiger partial charge in [-0.3, -0.25) is 4.99 Å². The lowest BCUT2D eigenvalue weighted by Gasteiger charge is -2.21. The third-order valence-electron chi connectivity index (χ3n) is 3.73. The van der Waals surface area contributed by atoms with E-state index in [0.29, 0.717) is 0 Å². The molecule has 22 heavy (non-hydrogen) atoms. The topological polar surface area (TPSA) is 36.9 Å². The summed E-state index contributed by atoms with van der Waals surface area (Å²) in [6.45, 7) is 1.78. The second-order valence-electron chi connectivity index (χ2n) is 5.36. The zero-order valence-corrected chi connectivity index (χ0v) is 13.2. The Kier molecular flexibility index (Phi) is 3.42. The molecule has 1 aromatic rings. The fourth-order valence-electron chi connectivity index (χ4n) is 2.68. The molecule has 3 aliphatic rings. The van der Waals surface area contributed by atoms with E-state index < -0.39 is 0 Å². The van der Waals surface area contributed by atoms with E-state index in [-0.39, 0.29) is 0 Å². The van der Waals surface area contributed by atoms with Gasteiger partial charge in [0.25, 0.3) is 0 Å². The van der Waals surface area contributed by atoms with Crippen LogP contribution in [0.3, 0.4) is 0 Å². The van der Waals surface area contributed by atoms with Crippen LogP contribution in [0.25, 0.3) is 0 Å².